The number of nitrogens with zero attached hydrogens (tertiary/aromatic N) is 6. The first-order chi connectivity index (χ1) is 19.8. The average Bonchev–Trinajstić information content (AvgIpc) is 3.58. The van der Waals surface area contributed by atoms with Gasteiger partial charge in [0.25, 0.3) is 0 Å². The van der Waals surface area contributed by atoms with Crippen molar-refractivity contribution in [3.63, 3.8) is 0 Å². The van der Waals surface area contributed by atoms with Crippen molar-refractivity contribution >= 4 is 17.5 Å². The van der Waals surface area contributed by atoms with Crippen LogP contribution in [0.1, 0.15) is 58.1 Å². The number of hydrogen-bond acceptors (Lipinski definition) is 6. The fraction of sp³-hybridized carbons (Fsp3) is 0.433. The molecule has 1 fully saturated rings. The summed E-state index contributed by atoms with van der Waals surface area (Å²) < 4.78 is 46.5. The number of carbonyl (C=O) groups excluding carboxylic acids is 2. The van der Waals surface area contributed by atoms with E-state index in [0.29, 0.717) is 30.0 Å². The van der Waals surface area contributed by atoms with Crippen molar-refractivity contribution in [2.75, 3.05) is 13.1 Å². The van der Waals surface area contributed by atoms with Crippen molar-refractivity contribution in [3.05, 3.63) is 60.7 Å². The predicted molar refractivity (Wildman–Crippen MR) is 150 cm³/mol. The highest BCUT2D eigenvalue weighted by atomic mass is 19.4. The highest BCUT2D eigenvalue weighted by Crippen LogP contribution is 2.28. The zero-order valence-electron chi connectivity index (χ0n) is 23.8. The number of hydrogen-bond donors (Lipinski definition) is 0. The third-order valence-corrected chi connectivity index (χ3v) is 7.10. The lowest BCUT2D eigenvalue weighted by Gasteiger charge is -2.33. The lowest BCUT2D eigenvalue weighted by atomic mass is 10.0. The van der Waals surface area contributed by atoms with E-state index in [-0.39, 0.29) is 18.6 Å². The standard InChI is InChI=1S/C30H33F3N6O3/c1-29(2,3)42-28(41)37-11-8-24(9-12-37)38-19-23(17-35-38)22-15-27-34-18-26(39(27)36-16-22)21-6-4-5-20(13-21)14-25(40)7-10-30(31,32)33/h4-6,13,15-19,24H,7-12,14H2,1-3H3. The SMILES string of the molecule is CC(C)(C)OC(=O)N1CCC(n2cc(-c3cnn4c(-c5cccc(CC(=O)CCC(F)(F)F)c5)cnc4c3)cn2)CC1. The van der Waals surface area contributed by atoms with Gasteiger partial charge in [-0.3, -0.25) is 9.48 Å². The molecule has 0 unspecified atom stereocenters. The number of alkyl halides is 3. The zero-order valence-corrected chi connectivity index (χ0v) is 23.8. The van der Waals surface area contributed by atoms with Gasteiger partial charge in [0, 0.05) is 48.8 Å². The van der Waals surface area contributed by atoms with Crippen molar-refractivity contribution < 1.29 is 27.5 Å². The highest BCUT2D eigenvalue weighted by Gasteiger charge is 2.29. The quantitative estimate of drug-likeness (QED) is 0.254. The van der Waals surface area contributed by atoms with E-state index >= 15 is 0 Å². The van der Waals surface area contributed by atoms with Crippen LogP contribution in [0.2, 0.25) is 0 Å². The third-order valence-electron chi connectivity index (χ3n) is 7.10. The van der Waals surface area contributed by atoms with Crippen LogP contribution in [-0.2, 0) is 16.0 Å². The Hall–Kier alpha value is -4.22. The maximum absolute atomic E-state index is 12.5. The fourth-order valence-electron chi connectivity index (χ4n) is 4.99. The Labute approximate surface area is 241 Å². The van der Waals surface area contributed by atoms with Crippen LogP contribution in [0.25, 0.3) is 28.0 Å². The molecule has 0 spiro atoms. The molecule has 1 amide bonds. The smallest absolute Gasteiger partial charge is 0.410 e. The number of carbonyl (C=O) groups is 2. The van der Waals surface area contributed by atoms with Crippen LogP contribution < -0.4 is 0 Å². The molecule has 9 nitrogen and oxygen atoms in total. The lowest BCUT2D eigenvalue weighted by Crippen LogP contribution is -2.42. The molecular weight excluding hydrogens is 549 g/mol. The maximum Gasteiger partial charge on any atom is 0.410 e. The van der Waals surface area contributed by atoms with Crippen LogP contribution in [0.4, 0.5) is 18.0 Å². The molecule has 42 heavy (non-hydrogen) atoms. The number of piperidine rings is 1. The normalized spacial score (nSPS) is 14.9. The number of ether oxygens (including phenoxy) is 1. The second kappa shape index (κ2) is 11.6. The van der Waals surface area contributed by atoms with Crippen molar-refractivity contribution in [1.29, 1.82) is 0 Å². The number of likely N-dealkylation sites (tertiary alicyclic amines) is 1. The number of imidazole rings is 1. The fourth-order valence-corrected chi connectivity index (χ4v) is 4.99. The van der Waals surface area contributed by atoms with E-state index in [2.05, 4.69) is 15.2 Å². The lowest BCUT2D eigenvalue weighted by molar-refractivity contribution is -0.143. The summed E-state index contributed by atoms with van der Waals surface area (Å²) >= 11 is 0. The minimum atomic E-state index is -4.35. The predicted octanol–water partition coefficient (Wildman–Crippen LogP) is 6.29. The number of rotatable bonds is 7. The number of benzene rings is 1. The highest BCUT2D eigenvalue weighted by molar-refractivity contribution is 5.81. The average molecular weight is 583 g/mol. The summed E-state index contributed by atoms with van der Waals surface area (Å²) in [5.74, 6) is -0.459. The van der Waals surface area contributed by atoms with E-state index in [1.54, 1.807) is 46.2 Å². The van der Waals surface area contributed by atoms with Gasteiger partial charge in [-0.25, -0.2) is 14.3 Å². The van der Waals surface area contributed by atoms with E-state index in [1.807, 2.05) is 43.8 Å². The van der Waals surface area contributed by atoms with Crippen molar-refractivity contribution in [2.24, 2.45) is 0 Å². The molecule has 4 heterocycles. The van der Waals surface area contributed by atoms with Crippen LogP contribution in [-0.4, -0.2) is 66.0 Å². The molecule has 222 valence electrons. The molecule has 1 aliphatic heterocycles. The molecule has 3 aromatic heterocycles. The first-order valence-electron chi connectivity index (χ1n) is 13.9. The van der Waals surface area contributed by atoms with Crippen LogP contribution in [0.15, 0.2) is 55.1 Å². The van der Waals surface area contributed by atoms with Gasteiger partial charge < -0.3 is 9.64 Å². The van der Waals surface area contributed by atoms with Crippen LogP contribution in [0, 0.1) is 0 Å². The monoisotopic (exact) mass is 582 g/mol. The van der Waals surface area contributed by atoms with Crippen molar-refractivity contribution in [1.82, 2.24) is 29.3 Å². The molecule has 12 heteroatoms. The third kappa shape index (κ3) is 7.15. The summed E-state index contributed by atoms with van der Waals surface area (Å²) in [5.41, 5.74) is 3.93. The van der Waals surface area contributed by atoms with Gasteiger partial charge in [0.05, 0.1) is 36.7 Å². The van der Waals surface area contributed by atoms with Crippen molar-refractivity contribution in [2.45, 2.75) is 70.7 Å². The Kier molecular flexibility index (Phi) is 8.07. The Morgan fingerprint density at radius 1 is 0.976 bits per heavy atom. The number of amides is 1. The summed E-state index contributed by atoms with van der Waals surface area (Å²) in [6, 6.07) is 9.20. The van der Waals surface area contributed by atoms with E-state index in [4.69, 9.17) is 4.74 Å². The maximum atomic E-state index is 12.5. The van der Waals surface area contributed by atoms with E-state index < -0.39 is 30.4 Å². The molecule has 0 aliphatic carbocycles. The second-order valence-electron chi connectivity index (χ2n) is 11.6. The number of Topliss-reactive ketones (excluding diaryl/α,β-unsaturated/α-hetero) is 1. The number of fused-ring (bicyclic) bond motifs is 1. The Morgan fingerprint density at radius 2 is 1.71 bits per heavy atom. The molecule has 0 bridgehead atoms. The topological polar surface area (TPSA) is 94.6 Å². The molecule has 0 saturated carbocycles. The molecule has 5 rings (SSSR count). The number of halogens is 3. The summed E-state index contributed by atoms with van der Waals surface area (Å²) in [6.45, 7) is 6.77. The minimum Gasteiger partial charge on any atom is -0.444 e. The molecule has 0 atom stereocenters. The first kappa shape index (κ1) is 29.3. The minimum absolute atomic E-state index is 0.0672. The van der Waals surface area contributed by atoms with E-state index in [1.165, 1.54) is 0 Å². The van der Waals surface area contributed by atoms with E-state index in [9.17, 15) is 22.8 Å². The molecule has 0 radical (unpaired) electrons. The zero-order chi connectivity index (χ0) is 30.1. The largest absolute Gasteiger partial charge is 0.444 e. The Bertz CT molecular complexity index is 1580. The van der Waals surface area contributed by atoms with Crippen LogP contribution in [0.5, 0.6) is 0 Å². The van der Waals surface area contributed by atoms with Gasteiger partial charge in [0.15, 0.2) is 5.65 Å². The summed E-state index contributed by atoms with van der Waals surface area (Å²) in [4.78, 5) is 30.7. The molecule has 1 aromatic carbocycles. The Balaban J connectivity index is 1.25. The molecular formula is C30H33F3N6O3. The van der Waals surface area contributed by atoms with Gasteiger partial charge >= 0.3 is 12.3 Å². The van der Waals surface area contributed by atoms with Gasteiger partial charge in [0.1, 0.15) is 11.4 Å². The van der Waals surface area contributed by atoms with Crippen LogP contribution in [0.3, 0.4) is 0 Å². The second-order valence-corrected chi connectivity index (χ2v) is 11.6. The van der Waals surface area contributed by atoms with Gasteiger partial charge in [-0.1, -0.05) is 18.2 Å². The summed E-state index contributed by atoms with van der Waals surface area (Å²) in [6.07, 6.45) is 2.37. The molecule has 1 saturated heterocycles. The molecule has 0 N–H and O–H groups in total. The van der Waals surface area contributed by atoms with E-state index in [0.717, 1.165) is 29.5 Å². The Morgan fingerprint density at radius 3 is 2.43 bits per heavy atom. The van der Waals surface area contributed by atoms with Crippen molar-refractivity contribution in [3.8, 4) is 22.4 Å². The first-order valence-corrected chi connectivity index (χ1v) is 13.9. The number of ketones is 1. The summed E-state index contributed by atoms with van der Waals surface area (Å²) in [5, 5.41) is 9.16. The molecule has 4 aromatic rings. The van der Waals surface area contributed by atoms with Gasteiger partial charge in [-0.2, -0.15) is 23.4 Å². The van der Waals surface area contributed by atoms with Gasteiger partial charge in [-0.05, 0) is 51.3 Å². The van der Waals surface area contributed by atoms with Gasteiger partial charge in [0.2, 0.25) is 0 Å². The number of aromatic nitrogens is 5. The van der Waals surface area contributed by atoms with Gasteiger partial charge in [-0.15, -0.1) is 0 Å². The summed E-state index contributed by atoms with van der Waals surface area (Å²) in [7, 11) is 0. The molecule has 1 aliphatic rings. The van der Waals surface area contributed by atoms with Crippen LogP contribution >= 0.6 is 0 Å².